The van der Waals surface area contributed by atoms with Crippen molar-refractivity contribution in [1.29, 1.82) is 0 Å². The van der Waals surface area contributed by atoms with Crippen molar-refractivity contribution in [3.05, 3.63) is 35.9 Å². The topological polar surface area (TPSA) is 18.5 Å². The molecule has 2 rings (SSSR count). The van der Waals surface area contributed by atoms with E-state index in [9.17, 15) is 0 Å². The van der Waals surface area contributed by atoms with Crippen LogP contribution in [0.3, 0.4) is 0 Å². The van der Waals surface area contributed by atoms with Crippen LogP contribution in [-0.4, -0.2) is 20.3 Å². The zero-order valence-electron chi connectivity index (χ0n) is 6.90. The van der Waals surface area contributed by atoms with Gasteiger partial charge in [0.25, 0.3) is 0 Å². The van der Waals surface area contributed by atoms with E-state index in [-0.39, 0.29) is 7.12 Å². The number of hydrogen-bond donors (Lipinski definition) is 0. The predicted molar refractivity (Wildman–Crippen MR) is 47.8 cm³/mol. The van der Waals surface area contributed by atoms with Gasteiger partial charge in [0.05, 0.1) is 13.2 Å². The molecule has 0 aromatic heterocycles. The maximum Gasteiger partial charge on any atom is 0.461 e. The molecule has 0 saturated carbocycles. The van der Waals surface area contributed by atoms with Gasteiger partial charge in [-0.2, -0.15) is 0 Å². The smallest absolute Gasteiger partial charge is 0.409 e. The summed E-state index contributed by atoms with van der Waals surface area (Å²) in [5, 5.41) is 0. The van der Waals surface area contributed by atoms with Crippen molar-refractivity contribution in [1.82, 2.24) is 0 Å². The van der Waals surface area contributed by atoms with Crippen molar-refractivity contribution >= 4 is 7.12 Å². The lowest BCUT2D eigenvalue weighted by atomic mass is 9.81. The Bertz CT molecular complexity index is 232. The molecule has 1 aromatic rings. The van der Waals surface area contributed by atoms with E-state index in [4.69, 9.17) is 9.31 Å². The normalized spacial score (nSPS) is 16.8. The first-order chi connectivity index (χ1) is 5.95. The van der Waals surface area contributed by atoms with Crippen LogP contribution in [0.2, 0.25) is 0 Å². The maximum atomic E-state index is 5.33. The summed E-state index contributed by atoms with van der Waals surface area (Å²) in [6, 6.07) is 10.3. The largest absolute Gasteiger partial charge is 0.461 e. The molecule has 0 N–H and O–H groups in total. The lowest BCUT2D eigenvalue weighted by Crippen LogP contribution is -2.17. The van der Waals surface area contributed by atoms with Gasteiger partial charge in [-0.25, -0.2) is 0 Å². The molecule has 1 aliphatic heterocycles. The molecule has 0 atom stereocenters. The summed E-state index contributed by atoms with van der Waals surface area (Å²) in [6.45, 7) is 1.47. The van der Waals surface area contributed by atoms with Gasteiger partial charge in [-0.1, -0.05) is 35.9 Å². The van der Waals surface area contributed by atoms with E-state index in [0.29, 0.717) is 0 Å². The summed E-state index contributed by atoms with van der Waals surface area (Å²) < 4.78 is 10.7. The second-order valence-electron chi connectivity index (χ2n) is 2.86. The number of hydrogen-bond acceptors (Lipinski definition) is 2. The van der Waals surface area contributed by atoms with Gasteiger partial charge in [0, 0.05) is 6.32 Å². The Labute approximate surface area is 72.6 Å². The molecular formula is C9H11BO2. The molecule has 12 heavy (non-hydrogen) atoms. The summed E-state index contributed by atoms with van der Waals surface area (Å²) in [6.07, 6.45) is 0.862. The molecule has 1 heterocycles. The molecule has 0 radical (unpaired) electrons. The number of benzene rings is 1. The highest BCUT2D eigenvalue weighted by Gasteiger charge is 2.23. The third kappa shape index (κ3) is 1.87. The van der Waals surface area contributed by atoms with E-state index in [0.717, 1.165) is 19.5 Å². The highest BCUT2D eigenvalue weighted by Crippen LogP contribution is 2.07. The molecule has 1 aliphatic rings. The van der Waals surface area contributed by atoms with Gasteiger partial charge in [-0.3, -0.25) is 0 Å². The maximum absolute atomic E-state index is 5.33. The third-order valence-corrected chi connectivity index (χ3v) is 1.94. The van der Waals surface area contributed by atoms with Crippen LogP contribution in [0.15, 0.2) is 30.3 Å². The number of rotatable bonds is 2. The average Bonchev–Trinajstić information content (AvgIpc) is 2.59. The van der Waals surface area contributed by atoms with Crippen molar-refractivity contribution in [3.8, 4) is 0 Å². The van der Waals surface area contributed by atoms with Gasteiger partial charge in [0.15, 0.2) is 0 Å². The quantitative estimate of drug-likeness (QED) is 0.610. The van der Waals surface area contributed by atoms with E-state index < -0.39 is 0 Å². The van der Waals surface area contributed by atoms with E-state index in [1.165, 1.54) is 5.56 Å². The second kappa shape index (κ2) is 3.74. The molecule has 0 aliphatic carbocycles. The van der Waals surface area contributed by atoms with Crippen molar-refractivity contribution in [3.63, 3.8) is 0 Å². The Morgan fingerprint density at radius 3 is 2.42 bits per heavy atom. The van der Waals surface area contributed by atoms with Crippen molar-refractivity contribution < 1.29 is 9.31 Å². The minimum atomic E-state index is -0.0209. The monoisotopic (exact) mass is 162 g/mol. The molecular weight excluding hydrogens is 151 g/mol. The van der Waals surface area contributed by atoms with Crippen LogP contribution < -0.4 is 0 Å². The Kier molecular flexibility index (Phi) is 2.44. The fraction of sp³-hybridized carbons (Fsp3) is 0.333. The van der Waals surface area contributed by atoms with E-state index >= 15 is 0 Å². The molecule has 62 valence electrons. The van der Waals surface area contributed by atoms with Crippen LogP contribution in [0, 0.1) is 0 Å². The molecule has 0 amide bonds. The van der Waals surface area contributed by atoms with Gasteiger partial charge >= 0.3 is 7.12 Å². The summed E-state index contributed by atoms with van der Waals surface area (Å²) in [5.41, 5.74) is 1.27. The molecule has 1 saturated heterocycles. The Morgan fingerprint density at radius 1 is 1.08 bits per heavy atom. The molecule has 1 aromatic carbocycles. The van der Waals surface area contributed by atoms with Crippen LogP contribution in [-0.2, 0) is 15.6 Å². The van der Waals surface area contributed by atoms with E-state index in [2.05, 4.69) is 12.1 Å². The SMILES string of the molecule is c1ccc(CB2OCCO2)cc1. The molecule has 0 unspecified atom stereocenters. The summed E-state index contributed by atoms with van der Waals surface area (Å²) in [7, 11) is -0.0209. The van der Waals surface area contributed by atoms with Crippen LogP contribution in [0.4, 0.5) is 0 Å². The Hall–Kier alpha value is -0.795. The van der Waals surface area contributed by atoms with Crippen LogP contribution >= 0.6 is 0 Å². The van der Waals surface area contributed by atoms with Gasteiger partial charge in [0.2, 0.25) is 0 Å². The van der Waals surface area contributed by atoms with Gasteiger partial charge < -0.3 is 9.31 Å². The molecule has 2 nitrogen and oxygen atoms in total. The highest BCUT2D eigenvalue weighted by molar-refractivity contribution is 6.44. The summed E-state index contributed by atoms with van der Waals surface area (Å²) in [4.78, 5) is 0. The average molecular weight is 162 g/mol. The van der Waals surface area contributed by atoms with E-state index in [1.54, 1.807) is 0 Å². The molecule has 3 heteroatoms. The van der Waals surface area contributed by atoms with Crippen molar-refractivity contribution in [2.75, 3.05) is 13.2 Å². The molecule has 1 fully saturated rings. The predicted octanol–water partition coefficient (Wildman–Crippen LogP) is 1.30. The fourth-order valence-corrected chi connectivity index (χ4v) is 1.33. The molecule has 0 bridgehead atoms. The van der Waals surface area contributed by atoms with Crippen LogP contribution in [0.5, 0.6) is 0 Å². The van der Waals surface area contributed by atoms with Crippen molar-refractivity contribution in [2.24, 2.45) is 0 Å². The first kappa shape index (κ1) is 7.83. The lowest BCUT2D eigenvalue weighted by Gasteiger charge is -2.02. The summed E-state index contributed by atoms with van der Waals surface area (Å²) in [5.74, 6) is 0. The third-order valence-electron chi connectivity index (χ3n) is 1.94. The lowest BCUT2D eigenvalue weighted by molar-refractivity contribution is 0.365. The molecule has 0 spiro atoms. The summed E-state index contributed by atoms with van der Waals surface area (Å²) >= 11 is 0. The minimum absolute atomic E-state index is 0.0209. The Balaban J connectivity index is 1.94. The zero-order chi connectivity index (χ0) is 8.23. The second-order valence-corrected chi connectivity index (χ2v) is 2.86. The highest BCUT2D eigenvalue weighted by atomic mass is 16.6. The van der Waals surface area contributed by atoms with Gasteiger partial charge in [0.1, 0.15) is 0 Å². The van der Waals surface area contributed by atoms with Gasteiger partial charge in [-0.05, 0) is 0 Å². The van der Waals surface area contributed by atoms with E-state index in [1.807, 2.05) is 18.2 Å². The Morgan fingerprint density at radius 2 is 1.75 bits per heavy atom. The first-order valence-corrected chi connectivity index (χ1v) is 4.22. The minimum Gasteiger partial charge on any atom is -0.409 e. The van der Waals surface area contributed by atoms with Crippen molar-refractivity contribution in [2.45, 2.75) is 6.32 Å². The van der Waals surface area contributed by atoms with Crippen LogP contribution in [0.1, 0.15) is 5.56 Å². The fourth-order valence-electron chi connectivity index (χ4n) is 1.33. The first-order valence-electron chi connectivity index (χ1n) is 4.22. The standard InChI is InChI=1S/C9H11BO2/c1-2-4-9(5-3-1)8-10-11-6-7-12-10/h1-5H,6-8H2. The van der Waals surface area contributed by atoms with Crippen LogP contribution in [0.25, 0.3) is 0 Å². The zero-order valence-corrected chi connectivity index (χ0v) is 6.90. The van der Waals surface area contributed by atoms with Gasteiger partial charge in [-0.15, -0.1) is 0 Å².